The van der Waals surface area contributed by atoms with Crippen molar-refractivity contribution < 1.29 is 18.3 Å². The van der Waals surface area contributed by atoms with Gasteiger partial charge in [0.1, 0.15) is 29.1 Å². The summed E-state index contributed by atoms with van der Waals surface area (Å²) in [6, 6.07) is 12.3. The third kappa shape index (κ3) is 4.40. The van der Waals surface area contributed by atoms with E-state index in [-0.39, 0.29) is 6.79 Å². The molecule has 0 bridgehead atoms. The number of nitrogens with zero attached hydrogens (tertiary/aromatic N) is 3. The van der Waals surface area contributed by atoms with Crippen LogP contribution in [0.25, 0.3) is 11.3 Å². The van der Waals surface area contributed by atoms with Crippen molar-refractivity contribution in [1.82, 2.24) is 20.2 Å². The largest absolute Gasteiger partial charge is 0.454 e. The van der Waals surface area contributed by atoms with Crippen molar-refractivity contribution in [3.8, 4) is 22.8 Å². The molecule has 5 rings (SSSR count). The minimum Gasteiger partial charge on any atom is -0.454 e. The number of aryl methyl sites for hydroxylation is 1. The summed E-state index contributed by atoms with van der Waals surface area (Å²) in [6.45, 7) is 3.73. The number of aromatic nitrogens is 4. The van der Waals surface area contributed by atoms with E-state index < -0.39 is 17.7 Å². The molecule has 0 saturated heterocycles. The first kappa shape index (κ1) is 20.7. The van der Waals surface area contributed by atoms with Gasteiger partial charge in [-0.05, 0) is 38.1 Å². The summed E-state index contributed by atoms with van der Waals surface area (Å²) < 4.78 is 38.1. The van der Waals surface area contributed by atoms with Crippen LogP contribution < -0.4 is 20.1 Å². The molecule has 2 aromatic carbocycles. The number of H-pyrrole nitrogens is 1. The summed E-state index contributed by atoms with van der Waals surface area (Å²) in [5.74, 6) is 2.24. The summed E-state index contributed by atoms with van der Waals surface area (Å²) in [6.07, 6.45) is 0. The Hall–Kier alpha value is -4.21. The number of ether oxygens (including phenoxy) is 2. The van der Waals surface area contributed by atoms with E-state index in [0.29, 0.717) is 40.3 Å². The van der Waals surface area contributed by atoms with Crippen LogP contribution in [0.3, 0.4) is 0 Å². The monoisotopic (exact) mass is 450 g/mol. The Morgan fingerprint density at radius 1 is 0.939 bits per heavy atom. The van der Waals surface area contributed by atoms with Gasteiger partial charge in [0, 0.05) is 29.3 Å². The van der Waals surface area contributed by atoms with E-state index in [9.17, 15) is 8.78 Å². The Morgan fingerprint density at radius 3 is 2.61 bits per heavy atom. The second-order valence-electron chi connectivity index (χ2n) is 7.58. The fourth-order valence-corrected chi connectivity index (χ4v) is 3.59. The highest BCUT2D eigenvalue weighted by Gasteiger charge is 2.16. The third-order valence-corrected chi connectivity index (χ3v) is 5.15. The number of rotatable bonds is 6. The SMILES string of the molecule is Cc1nc(Nc2cc(-c3ccc4c(c3)OCO4)[nH]n2)cc(NC(C)c2ccc(F)cc2F)n1. The standard InChI is InChI=1S/C23H20F2N6O2/c1-12(16-5-4-15(24)8-17(16)25)26-21-10-22(28-13(2)27-21)29-23-9-18(30-31-23)14-3-6-19-20(7-14)33-11-32-19/h3-10,12H,11H2,1-2H3,(H3,26,27,28,29,30,31). The molecular formula is C23H20F2N6O2. The van der Waals surface area contributed by atoms with Gasteiger partial charge in [-0.2, -0.15) is 5.10 Å². The van der Waals surface area contributed by atoms with Crippen molar-refractivity contribution >= 4 is 17.5 Å². The Bertz CT molecular complexity index is 1330. The lowest BCUT2D eigenvalue weighted by molar-refractivity contribution is 0.174. The van der Waals surface area contributed by atoms with Gasteiger partial charge >= 0.3 is 0 Å². The molecule has 0 fully saturated rings. The molecule has 3 N–H and O–H groups in total. The number of hydrogen-bond donors (Lipinski definition) is 3. The second-order valence-corrected chi connectivity index (χ2v) is 7.58. The van der Waals surface area contributed by atoms with Gasteiger partial charge in [-0.15, -0.1) is 0 Å². The van der Waals surface area contributed by atoms with E-state index in [2.05, 4.69) is 30.8 Å². The minimum atomic E-state index is -0.619. The molecule has 1 unspecified atom stereocenters. The zero-order chi connectivity index (χ0) is 22.9. The van der Waals surface area contributed by atoms with Crippen LogP contribution in [0.4, 0.5) is 26.2 Å². The van der Waals surface area contributed by atoms with Gasteiger partial charge in [0.15, 0.2) is 17.3 Å². The number of anilines is 3. The maximum atomic E-state index is 14.1. The summed E-state index contributed by atoms with van der Waals surface area (Å²) >= 11 is 0. The van der Waals surface area contributed by atoms with Gasteiger partial charge in [0.25, 0.3) is 0 Å². The lowest BCUT2D eigenvalue weighted by atomic mass is 10.1. The number of hydrogen-bond acceptors (Lipinski definition) is 7. The average Bonchev–Trinajstić information content (AvgIpc) is 3.42. The molecule has 33 heavy (non-hydrogen) atoms. The highest BCUT2D eigenvalue weighted by Crippen LogP contribution is 2.36. The third-order valence-electron chi connectivity index (χ3n) is 5.15. The smallest absolute Gasteiger partial charge is 0.231 e. The van der Waals surface area contributed by atoms with E-state index in [4.69, 9.17) is 9.47 Å². The van der Waals surface area contributed by atoms with Gasteiger partial charge in [-0.1, -0.05) is 6.07 Å². The van der Waals surface area contributed by atoms with Crippen molar-refractivity contribution in [2.45, 2.75) is 19.9 Å². The van der Waals surface area contributed by atoms with Crippen molar-refractivity contribution in [1.29, 1.82) is 0 Å². The van der Waals surface area contributed by atoms with Crippen molar-refractivity contribution in [2.75, 3.05) is 17.4 Å². The second kappa shape index (κ2) is 8.38. The molecule has 1 aliphatic heterocycles. The molecule has 1 atom stereocenters. The Kier molecular flexibility index (Phi) is 5.25. The molecular weight excluding hydrogens is 430 g/mol. The molecule has 10 heteroatoms. The Balaban J connectivity index is 1.32. The predicted octanol–water partition coefficient (Wildman–Crippen LogP) is 5.10. The quantitative estimate of drug-likeness (QED) is 0.376. The van der Waals surface area contributed by atoms with Crippen LogP contribution in [-0.4, -0.2) is 27.0 Å². The van der Waals surface area contributed by atoms with Crippen LogP contribution in [0.1, 0.15) is 24.4 Å². The zero-order valence-corrected chi connectivity index (χ0v) is 17.8. The molecule has 8 nitrogen and oxygen atoms in total. The first-order valence-corrected chi connectivity index (χ1v) is 10.2. The topological polar surface area (TPSA) is 97.0 Å². The molecule has 3 heterocycles. The molecule has 0 spiro atoms. The average molecular weight is 450 g/mol. The van der Waals surface area contributed by atoms with Crippen LogP contribution in [0.5, 0.6) is 11.5 Å². The lowest BCUT2D eigenvalue weighted by Gasteiger charge is -2.16. The Labute approximate surface area is 188 Å². The number of halogens is 2. The normalized spacial score (nSPS) is 13.1. The van der Waals surface area contributed by atoms with Gasteiger partial charge in [-0.3, -0.25) is 5.10 Å². The molecule has 0 saturated carbocycles. The summed E-state index contributed by atoms with van der Waals surface area (Å²) in [7, 11) is 0. The summed E-state index contributed by atoms with van der Waals surface area (Å²) in [5.41, 5.74) is 2.03. The van der Waals surface area contributed by atoms with Crippen LogP contribution in [-0.2, 0) is 0 Å². The highest BCUT2D eigenvalue weighted by molar-refractivity contribution is 5.68. The van der Waals surface area contributed by atoms with Crippen molar-refractivity contribution in [2.24, 2.45) is 0 Å². The van der Waals surface area contributed by atoms with Gasteiger partial charge in [0.05, 0.1) is 11.7 Å². The van der Waals surface area contributed by atoms with Gasteiger partial charge < -0.3 is 20.1 Å². The molecule has 1 aliphatic rings. The molecule has 0 aliphatic carbocycles. The molecule has 4 aromatic rings. The number of benzene rings is 2. The van der Waals surface area contributed by atoms with Crippen LogP contribution in [0.2, 0.25) is 0 Å². The maximum absolute atomic E-state index is 14.1. The van der Waals surface area contributed by atoms with E-state index in [0.717, 1.165) is 17.3 Å². The van der Waals surface area contributed by atoms with E-state index in [1.807, 2.05) is 24.3 Å². The fourth-order valence-electron chi connectivity index (χ4n) is 3.59. The first-order chi connectivity index (χ1) is 15.9. The van der Waals surface area contributed by atoms with E-state index in [1.165, 1.54) is 12.1 Å². The molecule has 0 amide bonds. The summed E-state index contributed by atoms with van der Waals surface area (Å²) in [5, 5.41) is 13.6. The van der Waals surface area contributed by atoms with E-state index in [1.54, 1.807) is 19.9 Å². The summed E-state index contributed by atoms with van der Waals surface area (Å²) in [4.78, 5) is 8.75. The van der Waals surface area contributed by atoms with Crippen LogP contribution in [0, 0.1) is 18.6 Å². The fraction of sp³-hybridized carbons (Fsp3) is 0.174. The van der Waals surface area contributed by atoms with Gasteiger partial charge in [-0.25, -0.2) is 18.7 Å². The Morgan fingerprint density at radius 2 is 1.76 bits per heavy atom. The van der Waals surface area contributed by atoms with Crippen LogP contribution >= 0.6 is 0 Å². The molecule has 0 radical (unpaired) electrons. The molecule has 2 aromatic heterocycles. The zero-order valence-electron chi connectivity index (χ0n) is 17.8. The first-order valence-electron chi connectivity index (χ1n) is 10.2. The minimum absolute atomic E-state index is 0.213. The lowest BCUT2D eigenvalue weighted by Crippen LogP contribution is -2.11. The molecule has 168 valence electrons. The predicted molar refractivity (Wildman–Crippen MR) is 119 cm³/mol. The van der Waals surface area contributed by atoms with Gasteiger partial charge in [0.2, 0.25) is 6.79 Å². The van der Waals surface area contributed by atoms with Crippen molar-refractivity contribution in [3.05, 3.63) is 71.6 Å². The highest BCUT2D eigenvalue weighted by atomic mass is 19.1. The van der Waals surface area contributed by atoms with Crippen molar-refractivity contribution in [3.63, 3.8) is 0 Å². The maximum Gasteiger partial charge on any atom is 0.231 e. The van der Waals surface area contributed by atoms with E-state index >= 15 is 0 Å². The number of aromatic amines is 1. The number of fused-ring (bicyclic) bond motifs is 1. The van der Waals surface area contributed by atoms with Crippen LogP contribution in [0.15, 0.2) is 48.5 Å². The number of nitrogens with one attached hydrogen (secondary N) is 3.